The molecule has 0 aliphatic heterocycles. The second kappa shape index (κ2) is 10.1. The van der Waals surface area contributed by atoms with Crippen LogP contribution < -0.4 is 14.4 Å². The number of amides is 1. The zero-order valence-electron chi connectivity index (χ0n) is 19.1. The van der Waals surface area contributed by atoms with Gasteiger partial charge in [-0.05, 0) is 52.3 Å². The van der Waals surface area contributed by atoms with E-state index < -0.39 is 16.6 Å². The van der Waals surface area contributed by atoms with E-state index in [0.29, 0.717) is 22.1 Å². The molecule has 1 amide bonds. The SMILES string of the molecule is COCOc1c(C)cc(Oc2ccc([N+](=O)[O-])c(N(C)C(=O)OC(C)(C)C)c2)c(Cl)c1C. The fourth-order valence-corrected chi connectivity index (χ4v) is 3.04. The Hall–Kier alpha value is -3.04. The van der Waals surface area contributed by atoms with Crippen molar-refractivity contribution in [3.63, 3.8) is 0 Å². The van der Waals surface area contributed by atoms with Gasteiger partial charge in [0.15, 0.2) is 6.79 Å². The Morgan fingerprint density at radius 3 is 2.44 bits per heavy atom. The summed E-state index contributed by atoms with van der Waals surface area (Å²) in [4.78, 5) is 24.5. The number of nitrogens with zero attached hydrogens (tertiary/aromatic N) is 2. The van der Waals surface area contributed by atoms with Crippen molar-refractivity contribution in [3.8, 4) is 17.2 Å². The molecule has 0 atom stereocenters. The largest absolute Gasteiger partial charge is 0.467 e. The topological polar surface area (TPSA) is 100 Å². The Balaban J connectivity index is 2.43. The number of anilines is 1. The van der Waals surface area contributed by atoms with Crippen LogP contribution in [0.1, 0.15) is 31.9 Å². The Kier molecular flexibility index (Phi) is 7.92. The van der Waals surface area contributed by atoms with Crippen LogP contribution in [0.25, 0.3) is 0 Å². The molecule has 0 heterocycles. The molecule has 2 rings (SSSR count). The van der Waals surface area contributed by atoms with Crippen molar-refractivity contribution >= 4 is 29.1 Å². The second-order valence-electron chi connectivity index (χ2n) is 8.06. The predicted octanol–water partition coefficient (Wildman–Crippen LogP) is 6.01. The molecule has 0 spiro atoms. The fraction of sp³-hybridized carbons (Fsp3) is 0.409. The lowest BCUT2D eigenvalue weighted by Gasteiger charge is -2.24. The molecule has 0 N–H and O–H groups in total. The van der Waals surface area contributed by atoms with Gasteiger partial charge in [-0.15, -0.1) is 0 Å². The maximum atomic E-state index is 12.5. The minimum Gasteiger partial charge on any atom is -0.467 e. The van der Waals surface area contributed by atoms with Gasteiger partial charge >= 0.3 is 6.09 Å². The molecular weight excluding hydrogens is 440 g/mol. The number of rotatable bonds is 7. The number of aryl methyl sites for hydroxylation is 1. The van der Waals surface area contributed by atoms with Gasteiger partial charge in [0.1, 0.15) is 28.5 Å². The number of benzene rings is 2. The van der Waals surface area contributed by atoms with Crippen LogP contribution in [0, 0.1) is 24.0 Å². The van der Waals surface area contributed by atoms with Crippen molar-refractivity contribution in [1.82, 2.24) is 0 Å². The monoisotopic (exact) mass is 466 g/mol. The van der Waals surface area contributed by atoms with Gasteiger partial charge in [-0.3, -0.25) is 15.0 Å². The van der Waals surface area contributed by atoms with Gasteiger partial charge in [-0.2, -0.15) is 0 Å². The minimum atomic E-state index is -0.760. The number of methoxy groups -OCH3 is 1. The molecule has 0 bridgehead atoms. The molecule has 10 heteroatoms. The van der Waals surface area contributed by atoms with Gasteiger partial charge < -0.3 is 18.9 Å². The average molecular weight is 467 g/mol. The molecule has 0 radical (unpaired) electrons. The molecule has 0 aliphatic carbocycles. The first-order valence-electron chi connectivity index (χ1n) is 9.70. The molecule has 0 saturated carbocycles. The summed E-state index contributed by atoms with van der Waals surface area (Å²) in [6.45, 7) is 8.81. The average Bonchev–Trinajstić information content (AvgIpc) is 2.69. The van der Waals surface area contributed by atoms with Gasteiger partial charge in [0.05, 0.1) is 9.95 Å². The first kappa shape index (κ1) is 25.2. The molecule has 32 heavy (non-hydrogen) atoms. The van der Waals surface area contributed by atoms with Crippen LogP contribution in [0.15, 0.2) is 24.3 Å². The lowest BCUT2D eigenvalue weighted by Crippen LogP contribution is -2.34. The zero-order valence-corrected chi connectivity index (χ0v) is 19.9. The third-order valence-corrected chi connectivity index (χ3v) is 4.78. The Morgan fingerprint density at radius 2 is 1.88 bits per heavy atom. The highest BCUT2D eigenvalue weighted by Crippen LogP contribution is 2.41. The highest BCUT2D eigenvalue weighted by molar-refractivity contribution is 6.33. The number of halogens is 1. The van der Waals surface area contributed by atoms with E-state index in [1.807, 2.05) is 6.92 Å². The van der Waals surface area contributed by atoms with Crippen molar-refractivity contribution in [2.75, 3.05) is 25.9 Å². The number of hydrogen-bond acceptors (Lipinski definition) is 7. The highest BCUT2D eigenvalue weighted by atomic mass is 35.5. The molecule has 2 aromatic carbocycles. The number of ether oxygens (including phenoxy) is 4. The minimum absolute atomic E-state index is 0.0198. The van der Waals surface area contributed by atoms with E-state index in [2.05, 4.69) is 0 Å². The Labute approximate surface area is 191 Å². The molecule has 9 nitrogen and oxygen atoms in total. The van der Waals surface area contributed by atoms with Crippen molar-refractivity contribution in [2.24, 2.45) is 0 Å². The summed E-state index contributed by atoms with van der Waals surface area (Å²) < 4.78 is 21.7. The van der Waals surface area contributed by atoms with Crippen LogP contribution in [0.2, 0.25) is 5.02 Å². The maximum absolute atomic E-state index is 12.5. The summed E-state index contributed by atoms with van der Waals surface area (Å²) in [6.07, 6.45) is -0.734. The van der Waals surface area contributed by atoms with Crippen LogP contribution in [0.4, 0.5) is 16.2 Å². The van der Waals surface area contributed by atoms with E-state index in [9.17, 15) is 14.9 Å². The quantitative estimate of drug-likeness (QED) is 0.279. The summed E-state index contributed by atoms with van der Waals surface area (Å²) in [6, 6.07) is 5.77. The van der Waals surface area contributed by atoms with Crippen molar-refractivity contribution in [1.29, 1.82) is 0 Å². The predicted molar refractivity (Wildman–Crippen MR) is 121 cm³/mol. The van der Waals surface area contributed by atoms with Crippen LogP contribution in [0.5, 0.6) is 17.2 Å². The molecule has 0 aromatic heterocycles. The molecular formula is C22H27ClN2O7. The van der Waals surface area contributed by atoms with E-state index in [4.69, 9.17) is 30.5 Å². The van der Waals surface area contributed by atoms with Gasteiger partial charge in [0.2, 0.25) is 0 Å². The molecule has 2 aromatic rings. The van der Waals surface area contributed by atoms with E-state index >= 15 is 0 Å². The van der Waals surface area contributed by atoms with Crippen molar-refractivity contribution in [2.45, 2.75) is 40.2 Å². The van der Waals surface area contributed by atoms with Crippen LogP contribution in [-0.2, 0) is 9.47 Å². The molecule has 0 fully saturated rings. The molecule has 0 aliphatic rings. The van der Waals surface area contributed by atoms with Crippen molar-refractivity contribution < 1.29 is 28.7 Å². The van der Waals surface area contributed by atoms with E-state index in [-0.39, 0.29) is 23.9 Å². The maximum Gasteiger partial charge on any atom is 0.414 e. The number of carbonyl (C=O) groups is 1. The summed E-state index contributed by atoms with van der Waals surface area (Å²) in [5.41, 5.74) is 0.418. The summed E-state index contributed by atoms with van der Waals surface area (Å²) >= 11 is 6.47. The van der Waals surface area contributed by atoms with Crippen LogP contribution >= 0.6 is 11.6 Å². The Bertz CT molecular complexity index is 1020. The van der Waals surface area contributed by atoms with Gasteiger partial charge in [-0.1, -0.05) is 11.6 Å². The van der Waals surface area contributed by atoms with Crippen molar-refractivity contribution in [3.05, 3.63) is 50.5 Å². The van der Waals surface area contributed by atoms with E-state index in [1.54, 1.807) is 33.8 Å². The summed E-state index contributed by atoms with van der Waals surface area (Å²) in [5.74, 6) is 1.18. The van der Waals surface area contributed by atoms with Gasteiger partial charge in [0.25, 0.3) is 5.69 Å². The fourth-order valence-electron chi connectivity index (χ4n) is 2.87. The number of carbonyl (C=O) groups excluding carboxylic acids is 1. The smallest absolute Gasteiger partial charge is 0.414 e. The molecule has 0 unspecified atom stereocenters. The lowest BCUT2D eigenvalue weighted by atomic mass is 10.1. The summed E-state index contributed by atoms with van der Waals surface area (Å²) in [7, 11) is 2.91. The first-order valence-corrected chi connectivity index (χ1v) is 10.1. The normalized spacial score (nSPS) is 11.1. The number of nitro groups is 1. The standard InChI is InChI=1S/C22H27ClN2O7/c1-13-10-18(19(23)14(2)20(13)30-12-29-7)31-15-8-9-16(25(27)28)17(11-15)24(6)21(26)32-22(3,4)5/h8-11H,12H2,1-7H3. The summed E-state index contributed by atoms with van der Waals surface area (Å²) in [5, 5.41) is 11.8. The van der Waals surface area contributed by atoms with Crippen LogP contribution in [-0.4, -0.2) is 37.6 Å². The third-order valence-electron chi connectivity index (χ3n) is 4.31. The highest BCUT2D eigenvalue weighted by Gasteiger charge is 2.27. The van der Waals surface area contributed by atoms with E-state index in [0.717, 1.165) is 10.5 Å². The Morgan fingerprint density at radius 1 is 1.22 bits per heavy atom. The second-order valence-corrected chi connectivity index (χ2v) is 8.44. The van der Waals surface area contributed by atoms with Gasteiger partial charge in [-0.25, -0.2) is 4.79 Å². The lowest BCUT2D eigenvalue weighted by molar-refractivity contribution is -0.384. The van der Waals surface area contributed by atoms with Gasteiger partial charge in [0, 0.05) is 31.9 Å². The molecule has 0 saturated heterocycles. The third kappa shape index (κ3) is 6.02. The van der Waals surface area contributed by atoms with E-state index in [1.165, 1.54) is 32.4 Å². The number of nitro benzene ring substituents is 1. The zero-order chi connectivity index (χ0) is 24.2. The van der Waals surface area contributed by atoms with Crippen LogP contribution in [0.3, 0.4) is 0 Å². The molecule has 174 valence electrons. The first-order chi connectivity index (χ1) is 14.9. The number of hydrogen-bond donors (Lipinski definition) is 0.